The third-order valence-electron chi connectivity index (χ3n) is 5.62. The highest BCUT2D eigenvalue weighted by molar-refractivity contribution is 7.10. The number of thiophene rings is 1. The number of methoxy groups -OCH3 is 1. The van der Waals surface area contributed by atoms with Crippen molar-refractivity contribution in [1.82, 2.24) is 4.90 Å². The topological polar surface area (TPSA) is 58.6 Å². The molecule has 1 unspecified atom stereocenters. The summed E-state index contributed by atoms with van der Waals surface area (Å²) in [4.78, 5) is 28.8. The van der Waals surface area contributed by atoms with Crippen LogP contribution in [0.15, 0.2) is 60.0 Å². The van der Waals surface area contributed by atoms with Crippen molar-refractivity contribution in [2.75, 3.05) is 19.0 Å². The number of fused-ring (bicyclic) bond motifs is 1. The van der Waals surface area contributed by atoms with Crippen LogP contribution in [-0.4, -0.2) is 30.4 Å². The van der Waals surface area contributed by atoms with Crippen molar-refractivity contribution in [3.63, 3.8) is 0 Å². The Bertz CT molecular complexity index is 1060. The fourth-order valence-electron chi connectivity index (χ4n) is 3.96. The molecule has 3 aromatic rings. The van der Waals surface area contributed by atoms with Gasteiger partial charge in [0.1, 0.15) is 5.75 Å². The van der Waals surface area contributed by atoms with E-state index in [0.717, 1.165) is 17.7 Å². The lowest BCUT2D eigenvalue weighted by atomic mass is 9.92. The Kier molecular flexibility index (Phi) is 6.37. The quantitative estimate of drug-likeness (QED) is 0.597. The van der Waals surface area contributed by atoms with Crippen molar-refractivity contribution in [2.45, 2.75) is 32.2 Å². The van der Waals surface area contributed by atoms with Crippen molar-refractivity contribution >= 4 is 28.8 Å². The number of rotatable bonds is 6. The van der Waals surface area contributed by atoms with Gasteiger partial charge in [0.05, 0.1) is 13.2 Å². The van der Waals surface area contributed by atoms with Crippen molar-refractivity contribution in [3.05, 3.63) is 81.5 Å². The average molecular weight is 435 g/mol. The fraction of sp³-hybridized carbons (Fsp3) is 0.280. The molecule has 0 bridgehead atoms. The Morgan fingerprint density at radius 1 is 1.06 bits per heavy atom. The molecule has 0 saturated carbocycles. The van der Waals surface area contributed by atoms with Gasteiger partial charge in [-0.3, -0.25) is 9.59 Å². The molecule has 4 rings (SSSR count). The lowest BCUT2D eigenvalue weighted by Crippen LogP contribution is -2.40. The molecule has 2 heterocycles. The van der Waals surface area contributed by atoms with Gasteiger partial charge in [0, 0.05) is 30.0 Å². The molecule has 31 heavy (non-hydrogen) atoms. The first kappa shape index (κ1) is 21.1. The Labute approximate surface area is 186 Å². The van der Waals surface area contributed by atoms with Gasteiger partial charge in [-0.05, 0) is 60.2 Å². The maximum absolute atomic E-state index is 13.2. The third kappa shape index (κ3) is 4.80. The van der Waals surface area contributed by atoms with Gasteiger partial charge in [-0.1, -0.05) is 29.8 Å². The molecule has 5 nitrogen and oxygen atoms in total. The maximum atomic E-state index is 13.2. The molecule has 2 aromatic carbocycles. The van der Waals surface area contributed by atoms with Crippen LogP contribution in [0.25, 0.3) is 0 Å². The third-order valence-corrected chi connectivity index (χ3v) is 6.62. The lowest BCUT2D eigenvalue weighted by molar-refractivity contribution is -0.134. The molecular weight excluding hydrogens is 408 g/mol. The van der Waals surface area contributed by atoms with Crippen molar-refractivity contribution in [1.29, 1.82) is 0 Å². The van der Waals surface area contributed by atoms with E-state index >= 15 is 0 Å². The fourth-order valence-corrected chi connectivity index (χ4v) is 4.86. The number of carbonyl (C=O) groups is 2. The van der Waals surface area contributed by atoms with E-state index in [1.165, 1.54) is 16.0 Å². The second kappa shape index (κ2) is 9.35. The summed E-state index contributed by atoms with van der Waals surface area (Å²) in [6, 6.07) is 17.6. The number of aryl methyl sites for hydroxylation is 1. The minimum absolute atomic E-state index is 0.00676. The number of anilines is 1. The van der Waals surface area contributed by atoms with E-state index in [4.69, 9.17) is 4.74 Å². The smallest absolute Gasteiger partial charge is 0.224 e. The van der Waals surface area contributed by atoms with Crippen LogP contribution in [0.5, 0.6) is 5.75 Å². The average Bonchev–Trinajstić information content (AvgIpc) is 3.27. The maximum Gasteiger partial charge on any atom is 0.224 e. The van der Waals surface area contributed by atoms with Gasteiger partial charge in [0.25, 0.3) is 0 Å². The van der Waals surface area contributed by atoms with E-state index in [9.17, 15) is 9.59 Å². The zero-order valence-corrected chi connectivity index (χ0v) is 18.6. The molecule has 6 heteroatoms. The van der Waals surface area contributed by atoms with E-state index in [2.05, 4.69) is 48.0 Å². The zero-order valence-electron chi connectivity index (χ0n) is 17.8. The summed E-state index contributed by atoms with van der Waals surface area (Å²) in [5.74, 6) is 0.569. The molecule has 0 saturated heterocycles. The standard InChI is InChI=1S/C25H26N2O3S/c1-17-3-5-18(6-4-17)25-21-14-16-31-22(21)13-15-27(25)24(29)12-11-23(28)26-19-7-9-20(30-2)10-8-19/h3-10,14,16,25H,11-13,15H2,1-2H3,(H,26,28). The summed E-state index contributed by atoms with van der Waals surface area (Å²) in [6.07, 6.45) is 1.20. The molecule has 2 amide bonds. The van der Waals surface area contributed by atoms with Crippen LogP contribution < -0.4 is 10.1 Å². The molecule has 1 N–H and O–H groups in total. The SMILES string of the molecule is COc1ccc(NC(=O)CCC(=O)N2CCc3sccc3C2c2ccc(C)cc2)cc1. The molecular formula is C25H26N2O3S. The predicted molar refractivity (Wildman–Crippen MR) is 124 cm³/mol. The van der Waals surface area contributed by atoms with E-state index in [1.807, 2.05) is 4.90 Å². The summed E-state index contributed by atoms with van der Waals surface area (Å²) in [7, 11) is 1.60. The van der Waals surface area contributed by atoms with Crippen molar-refractivity contribution in [2.24, 2.45) is 0 Å². The summed E-state index contributed by atoms with van der Waals surface area (Å²) < 4.78 is 5.13. The van der Waals surface area contributed by atoms with Gasteiger partial charge in [0.2, 0.25) is 11.8 Å². The molecule has 0 fully saturated rings. The largest absolute Gasteiger partial charge is 0.497 e. The van der Waals surface area contributed by atoms with Crippen LogP contribution in [0.2, 0.25) is 0 Å². The molecule has 0 aliphatic carbocycles. The highest BCUT2D eigenvalue weighted by Gasteiger charge is 2.32. The van der Waals surface area contributed by atoms with E-state index in [0.29, 0.717) is 12.2 Å². The number of carbonyl (C=O) groups excluding carboxylic acids is 2. The van der Waals surface area contributed by atoms with Crippen molar-refractivity contribution in [3.8, 4) is 5.75 Å². The second-order valence-corrected chi connectivity index (χ2v) is 8.73. The van der Waals surface area contributed by atoms with E-state index < -0.39 is 0 Å². The Morgan fingerprint density at radius 3 is 2.52 bits per heavy atom. The second-order valence-electron chi connectivity index (χ2n) is 7.73. The van der Waals surface area contributed by atoms with Gasteiger partial charge in [-0.25, -0.2) is 0 Å². The minimum Gasteiger partial charge on any atom is -0.497 e. The summed E-state index contributed by atoms with van der Waals surface area (Å²) in [6.45, 7) is 2.73. The van der Waals surface area contributed by atoms with Gasteiger partial charge in [-0.2, -0.15) is 0 Å². The van der Waals surface area contributed by atoms with Gasteiger partial charge < -0.3 is 15.0 Å². The summed E-state index contributed by atoms with van der Waals surface area (Å²) in [5.41, 5.74) is 4.20. The predicted octanol–water partition coefficient (Wildman–Crippen LogP) is 4.96. The molecule has 160 valence electrons. The lowest BCUT2D eigenvalue weighted by Gasteiger charge is -2.36. The van der Waals surface area contributed by atoms with Crippen LogP contribution in [0.4, 0.5) is 5.69 Å². The molecule has 0 spiro atoms. The molecule has 1 aliphatic heterocycles. The molecule has 0 radical (unpaired) electrons. The van der Waals surface area contributed by atoms with E-state index in [-0.39, 0.29) is 30.7 Å². The first-order valence-corrected chi connectivity index (χ1v) is 11.3. The molecule has 1 aliphatic rings. The number of nitrogens with one attached hydrogen (secondary N) is 1. The Morgan fingerprint density at radius 2 is 1.81 bits per heavy atom. The number of benzene rings is 2. The number of amides is 2. The van der Waals surface area contributed by atoms with Gasteiger partial charge in [-0.15, -0.1) is 11.3 Å². The van der Waals surface area contributed by atoms with Crippen LogP contribution in [-0.2, 0) is 16.0 Å². The minimum atomic E-state index is -0.168. The van der Waals surface area contributed by atoms with E-state index in [1.54, 1.807) is 42.7 Å². The summed E-state index contributed by atoms with van der Waals surface area (Å²) in [5, 5.41) is 4.95. The van der Waals surface area contributed by atoms with Crippen LogP contribution in [0, 0.1) is 6.92 Å². The number of ether oxygens (including phenoxy) is 1. The molecule has 1 aromatic heterocycles. The van der Waals surface area contributed by atoms with Crippen LogP contribution in [0.1, 0.15) is 40.5 Å². The first-order chi connectivity index (χ1) is 15.0. The van der Waals surface area contributed by atoms with Crippen molar-refractivity contribution < 1.29 is 14.3 Å². The Balaban J connectivity index is 1.43. The molecule has 1 atom stereocenters. The Hall–Kier alpha value is -3.12. The highest BCUT2D eigenvalue weighted by Crippen LogP contribution is 2.38. The zero-order chi connectivity index (χ0) is 21.8. The number of hydrogen-bond donors (Lipinski definition) is 1. The number of hydrogen-bond acceptors (Lipinski definition) is 4. The van der Waals surface area contributed by atoms with Crippen LogP contribution in [0.3, 0.4) is 0 Å². The van der Waals surface area contributed by atoms with Gasteiger partial charge in [0.15, 0.2) is 0 Å². The highest BCUT2D eigenvalue weighted by atomic mass is 32.1. The monoisotopic (exact) mass is 434 g/mol. The van der Waals surface area contributed by atoms with Crippen LogP contribution >= 0.6 is 11.3 Å². The van der Waals surface area contributed by atoms with Gasteiger partial charge >= 0.3 is 0 Å². The number of nitrogens with zero attached hydrogens (tertiary/aromatic N) is 1. The summed E-state index contributed by atoms with van der Waals surface area (Å²) >= 11 is 1.75. The first-order valence-electron chi connectivity index (χ1n) is 10.4. The normalized spacial score (nSPS) is 15.3.